The number of nitrogens with zero attached hydrogens (tertiary/aromatic N) is 1. The van der Waals surface area contributed by atoms with Crippen LogP contribution < -0.4 is 5.43 Å². The Bertz CT molecular complexity index is 453. The van der Waals surface area contributed by atoms with Gasteiger partial charge in [-0.1, -0.05) is 22.0 Å². The van der Waals surface area contributed by atoms with Crippen LogP contribution in [0.4, 0.5) is 0 Å². The summed E-state index contributed by atoms with van der Waals surface area (Å²) in [6.07, 6.45) is 1.87. The number of carbonyl (C=O) groups excluding carboxylic acids is 1. The quantitative estimate of drug-likeness (QED) is 0.869. The molecule has 1 fully saturated rings. The van der Waals surface area contributed by atoms with Crippen molar-refractivity contribution in [1.82, 2.24) is 10.4 Å². The second-order valence-corrected chi connectivity index (χ2v) is 5.79. The number of carbonyl (C=O) groups is 1. The Balaban J connectivity index is 2.32. The van der Waals surface area contributed by atoms with E-state index in [1.807, 2.05) is 20.2 Å². The highest BCUT2D eigenvalue weighted by molar-refractivity contribution is 9.10. The lowest BCUT2D eigenvalue weighted by molar-refractivity contribution is -0.127. The SMILES string of the molecule is Cc1ccc(Br)cc1C1(C(=O)NN(C)C)CC1. The van der Waals surface area contributed by atoms with Crippen molar-refractivity contribution in [3.8, 4) is 0 Å². The van der Waals surface area contributed by atoms with Gasteiger partial charge in [-0.25, -0.2) is 5.01 Å². The fraction of sp³-hybridized carbons (Fsp3) is 0.462. The van der Waals surface area contributed by atoms with E-state index < -0.39 is 0 Å². The van der Waals surface area contributed by atoms with Crippen LogP contribution in [0.1, 0.15) is 24.0 Å². The third-order valence-electron chi connectivity index (χ3n) is 3.22. The summed E-state index contributed by atoms with van der Waals surface area (Å²) in [6, 6.07) is 6.14. The third kappa shape index (κ3) is 2.38. The summed E-state index contributed by atoms with van der Waals surface area (Å²) in [5.74, 6) is 0.101. The number of rotatable bonds is 3. The molecule has 4 heteroatoms. The molecule has 0 heterocycles. The van der Waals surface area contributed by atoms with E-state index in [4.69, 9.17) is 0 Å². The molecule has 1 aromatic rings. The van der Waals surface area contributed by atoms with Crippen LogP contribution in [-0.4, -0.2) is 25.0 Å². The fourth-order valence-electron chi connectivity index (χ4n) is 2.16. The molecule has 1 aliphatic carbocycles. The summed E-state index contributed by atoms with van der Waals surface area (Å²) < 4.78 is 1.03. The number of aryl methyl sites for hydroxylation is 1. The maximum absolute atomic E-state index is 12.2. The van der Waals surface area contributed by atoms with Gasteiger partial charge in [0.05, 0.1) is 5.41 Å². The van der Waals surface area contributed by atoms with Gasteiger partial charge in [-0.2, -0.15) is 0 Å². The molecule has 0 unspecified atom stereocenters. The third-order valence-corrected chi connectivity index (χ3v) is 3.72. The molecule has 17 heavy (non-hydrogen) atoms. The van der Waals surface area contributed by atoms with Crippen molar-refractivity contribution in [3.05, 3.63) is 33.8 Å². The molecular formula is C13H17BrN2O. The van der Waals surface area contributed by atoms with Crippen LogP contribution in [0.3, 0.4) is 0 Å². The number of halogens is 1. The number of benzene rings is 1. The maximum atomic E-state index is 12.2. The second kappa shape index (κ2) is 4.42. The summed E-state index contributed by atoms with van der Waals surface area (Å²) in [5.41, 5.74) is 4.89. The van der Waals surface area contributed by atoms with Gasteiger partial charge in [0.2, 0.25) is 5.91 Å². The zero-order valence-corrected chi connectivity index (χ0v) is 12.0. The predicted octanol–water partition coefficient (Wildman–Crippen LogP) is 2.38. The molecule has 1 amide bonds. The van der Waals surface area contributed by atoms with E-state index >= 15 is 0 Å². The number of hydrazine groups is 1. The van der Waals surface area contributed by atoms with Crippen molar-refractivity contribution in [2.75, 3.05) is 14.1 Å². The van der Waals surface area contributed by atoms with Gasteiger partial charge in [-0.3, -0.25) is 10.2 Å². The van der Waals surface area contributed by atoms with E-state index in [-0.39, 0.29) is 11.3 Å². The monoisotopic (exact) mass is 296 g/mol. The highest BCUT2D eigenvalue weighted by atomic mass is 79.9. The number of hydrogen-bond donors (Lipinski definition) is 1. The average molecular weight is 297 g/mol. The van der Waals surface area contributed by atoms with Crippen molar-refractivity contribution in [3.63, 3.8) is 0 Å². The molecule has 1 aliphatic rings. The van der Waals surface area contributed by atoms with Gasteiger partial charge in [0.1, 0.15) is 0 Å². The molecule has 0 saturated heterocycles. The lowest BCUT2D eigenvalue weighted by Crippen LogP contribution is -2.43. The first-order chi connectivity index (χ1) is 7.95. The zero-order chi connectivity index (χ0) is 12.6. The van der Waals surface area contributed by atoms with Crippen LogP contribution in [0.5, 0.6) is 0 Å². The number of amides is 1. The molecule has 3 nitrogen and oxygen atoms in total. The Morgan fingerprint density at radius 1 is 1.41 bits per heavy atom. The summed E-state index contributed by atoms with van der Waals surface area (Å²) >= 11 is 3.47. The van der Waals surface area contributed by atoms with Crippen molar-refractivity contribution in [1.29, 1.82) is 0 Å². The van der Waals surface area contributed by atoms with Gasteiger partial charge in [-0.15, -0.1) is 0 Å². The van der Waals surface area contributed by atoms with E-state index in [9.17, 15) is 4.79 Å². The summed E-state index contributed by atoms with van der Waals surface area (Å²) in [6.45, 7) is 2.06. The van der Waals surface area contributed by atoms with E-state index in [0.717, 1.165) is 22.9 Å². The summed E-state index contributed by atoms with van der Waals surface area (Å²) in [5, 5.41) is 1.70. The molecule has 0 atom stereocenters. The van der Waals surface area contributed by atoms with Gasteiger partial charge in [0, 0.05) is 18.6 Å². The second-order valence-electron chi connectivity index (χ2n) is 4.88. The van der Waals surface area contributed by atoms with E-state index in [1.165, 1.54) is 5.56 Å². The molecule has 1 aromatic carbocycles. The highest BCUT2D eigenvalue weighted by Crippen LogP contribution is 2.50. The van der Waals surface area contributed by atoms with Crippen molar-refractivity contribution in [2.24, 2.45) is 0 Å². The van der Waals surface area contributed by atoms with Gasteiger partial charge in [-0.05, 0) is 43.0 Å². The van der Waals surface area contributed by atoms with Crippen LogP contribution >= 0.6 is 15.9 Å². The average Bonchev–Trinajstić information content (AvgIpc) is 3.01. The molecule has 1 saturated carbocycles. The first-order valence-electron chi connectivity index (χ1n) is 5.71. The van der Waals surface area contributed by atoms with Gasteiger partial charge >= 0.3 is 0 Å². The van der Waals surface area contributed by atoms with Crippen LogP contribution in [0.15, 0.2) is 22.7 Å². The first-order valence-corrected chi connectivity index (χ1v) is 6.50. The standard InChI is InChI=1S/C13H17BrN2O/c1-9-4-5-10(14)8-11(9)13(6-7-13)12(17)15-16(2)3/h4-5,8H,6-7H2,1-3H3,(H,15,17). The minimum absolute atomic E-state index is 0.101. The topological polar surface area (TPSA) is 32.3 Å². The molecule has 0 spiro atoms. The largest absolute Gasteiger partial charge is 0.289 e. The van der Waals surface area contributed by atoms with Crippen molar-refractivity contribution in [2.45, 2.75) is 25.2 Å². The van der Waals surface area contributed by atoms with Gasteiger partial charge in [0.15, 0.2) is 0 Å². The fourth-order valence-corrected chi connectivity index (χ4v) is 2.52. The summed E-state index contributed by atoms with van der Waals surface area (Å²) in [4.78, 5) is 12.2. The number of nitrogens with one attached hydrogen (secondary N) is 1. The van der Waals surface area contributed by atoms with Crippen LogP contribution in [-0.2, 0) is 10.2 Å². The lowest BCUT2D eigenvalue weighted by Gasteiger charge is -2.21. The van der Waals surface area contributed by atoms with Crippen LogP contribution in [0.2, 0.25) is 0 Å². The van der Waals surface area contributed by atoms with Gasteiger partial charge in [0.25, 0.3) is 0 Å². The molecule has 2 rings (SSSR count). The lowest BCUT2D eigenvalue weighted by atomic mass is 9.91. The van der Waals surface area contributed by atoms with E-state index in [1.54, 1.807) is 5.01 Å². The van der Waals surface area contributed by atoms with Gasteiger partial charge < -0.3 is 0 Å². The van der Waals surface area contributed by atoms with Crippen LogP contribution in [0, 0.1) is 6.92 Å². The van der Waals surface area contributed by atoms with Crippen molar-refractivity contribution < 1.29 is 4.79 Å². The Hall–Kier alpha value is -0.870. The van der Waals surface area contributed by atoms with Crippen molar-refractivity contribution >= 4 is 21.8 Å². The maximum Gasteiger partial charge on any atom is 0.244 e. The number of hydrogen-bond acceptors (Lipinski definition) is 2. The Labute approximate surface area is 110 Å². The predicted molar refractivity (Wildman–Crippen MR) is 71.6 cm³/mol. The van der Waals surface area contributed by atoms with Crippen LogP contribution in [0.25, 0.3) is 0 Å². The normalized spacial score (nSPS) is 17.0. The highest BCUT2D eigenvalue weighted by Gasteiger charge is 2.52. The Morgan fingerprint density at radius 2 is 2.06 bits per heavy atom. The molecular weight excluding hydrogens is 280 g/mol. The first kappa shape index (κ1) is 12.6. The Kier molecular flexibility index (Phi) is 3.27. The molecule has 92 valence electrons. The molecule has 1 N–H and O–H groups in total. The molecule has 0 aromatic heterocycles. The minimum atomic E-state index is -0.307. The smallest absolute Gasteiger partial charge is 0.244 e. The molecule has 0 aliphatic heterocycles. The minimum Gasteiger partial charge on any atom is -0.289 e. The zero-order valence-electron chi connectivity index (χ0n) is 10.4. The molecule has 0 radical (unpaired) electrons. The van der Waals surface area contributed by atoms with E-state index in [0.29, 0.717) is 0 Å². The molecule has 0 bridgehead atoms. The summed E-state index contributed by atoms with van der Waals surface area (Å²) in [7, 11) is 3.67. The van der Waals surface area contributed by atoms with E-state index in [2.05, 4.69) is 40.4 Å². The Morgan fingerprint density at radius 3 is 2.59 bits per heavy atom.